The highest BCUT2D eigenvalue weighted by atomic mass is 35.5. The number of benzene rings is 2. The molecule has 0 saturated heterocycles. The van der Waals surface area contributed by atoms with E-state index in [4.69, 9.17) is 38.4 Å². The van der Waals surface area contributed by atoms with E-state index in [1.807, 2.05) is 0 Å². The summed E-state index contributed by atoms with van der Waals surface area (Å²) in [6.07, 6.45) is 1.68. The zero-order valence-electron chi connectivity index (χ0n) is 18.7. The molecule has 1 aliphatic rings. The number of nitrogens with zero attached hydrogens (tertiary/aromatic N) is 1. The molecule has 0 spiro atoms. The van der Waals surface area contributed by atoms with Crippen LogP contribution in [0.25, 0.3) is 11.0 Å². The zero-order valence-corrected chi connectivity index (χ0v) is 21.0. The van der Waals surface area contributed by atoms with Crippen LogP contribution in [0.5, 0.6) is 0 Å². The first-order valence-electron chi connectivity index (χ1n) is 10.5. The van der Waals surface area contributed by atoms with Crippen LogP contribution >= 0.6 is 35.0 Å². The van der Waals surface area contributed by atoms with Gasteiger partial charge in [-0.3, -0.25) is 9.36 Å². The van der Waals surface area contributed by atoms with Crippen molar-refractivity contribution in [1.82, 2.24) is 4.57 Å². The number of carbonyl (C=O) groups is 3. The fraction of sp³-hybridized carbons (Fsp3) is 0.160. The monoisotopic (exact) mass is 530 g/mol. The highest BCUT2D eigenvalue weighted by molar-refractivity contribution is 8.10. The third-order valence-electron chi connectivity index (χ3n) is 5.34. The number of aromatic nitrogens is 1. The van der Waals surface area contributed by atoms with Gasteiger partial charge >= 0.3 is 11.9 Å². The maximum atomic E-state index is 13.8. The van der Waals surface area contributed by atoms with Crippen molar-refractivity contribution >= 4 is 69.5 Å². The van der Waals surface area contributed by atoms with Crippen molar-refractivity contribution in [2.75, 3.05) is 19.5 Å². The summed E-state index contributed by atoms with van der Waals surface area (Å²) in [5, 5.41) is 0.692. The fourth-order valence-electron chi connectivity index (χ4n) is 3.75. The van der Waals surface area contributed by atoms with Crippen molar-refractivity contribution in [3.05, 3.63) is 86.0 Å². The minimum atomic E-state index is -0.849. The number of anilines is 1. The molecule has 1 unspecified atom stereocenters. The molecule has 1 aromatic heterocycles. The van der Waals surface area contributed by atoms with Crippen LogP contribution in [-0.4, -0.2) is 36.1 Å². The van der Waals surface area contributed by atoms with Crippen LogP contribution in [0.4, 0.5) is 5.69 Å². The average molecular weight is 531 g/mol. The molecule has 0 fully saturated rings. The number of nitrogen functional groups attached to an aromatic ring is 1. The summed E-state index contributed by atoms with van der Waals surface area (Å²) in [4.78, 5) is 39.8. The summed E-state index contributed by atoms with van der Waals surface area (Å²) in [5.74, 6) is -1.90. The number of fused-ring (bicyclic) bond motifs is 1. The predicted octanol–water partition coefficient (Wildman–Crippen LogP) is 3.79. The molecule has 10 heteroatoms. The van der Waals surface area contributed by atoms with Gasteiger partial charge in [-0.05, 0) is 48.4 Å². The summed E-state index contributed by atoms with van der Waals surface area (Å²) < 4.78 is 11.4. The fourth-order valence-corrected chi connectivity index (χ4v) is 5.21. The second-order valence-corrected chi connectivity index (χ2v) is 9.47. The molecule has 180 valence electrons. The third kappa shape index (κ3) is 4.69. The summed E-state index contributed by atoms with van der Waals surface area (Å²) in [6, 6.07) is 13.6. The number of rotatable bonds is 5. The van der Waals surface area contributed by atoms with Crippen LogP contribution in [0.3, 0.4) is 0 Å². The number of carbonyl (C=O) groups excluding carboxylic acids is 3. The van der Waals surface area contributed by atoms with Crippen LogP contribution in [0.15, 0.2) is 48.5 Å². The SMILES string of the molecule is CCOC(=O)C1=c2/c(=C/c3ccc(Cl)cc3)c(N)c(C(=O)OC)n2C(=O)C(c2ccc(Cl)cc2)S1. The number of hydrogen-bond acceptors (Lipinski definition) is 7. The largest absolute Gasteiger partial charge is 0.464 e. The molecule has 4 rings (SSSR count). The second kappa shape index (κ2) is 10.2. The minimum absolute atomic E-state index is 0.00862. The summed E-state index contributed by atoms with van der Waals surface area (Å²) in [5.41, 5.74) is 7.57. The van der Waals surface area contributed by atoms with Gasteiger partial charge in [0.05, 0.1) is 24.8 Å². The van der Waals surface area contributed by atoms with E-state index < -0.39 is 23.1 Å². The van der Waals surface area contributed by atoms with Crippen molar-refractivity contribution < 1.29 is 23.9 Å². The van der Waals surface area contributed by atoms with Crippen LogP contribution in [0, 0.1) is 0 Å². The molecule has 3 aromatic rings. The number of methoxy groups -OCH3 is 1. The van der Waals surface area contributed by atoms with Gasteiger partial charge in [0.15, 0.2) is 5.69 Å². The molecule has 7 nitrogen and oxygen atoms in total. The van der Waals surface area contributed by atoms with Crippen LogP contribution in [-0.2, 0) is 14.3 Å². The van der Waals surface area contributed by atoms with Crippen molar-refractivity contribution in [2.45, 2.75) is 12.2 Å². The molecular weight excluding hydrogens is 511 g/mol. The lowest BCUT2D eigenvalue weighted by Gasteiger charge is -2.23. The highest BCUT2D eigenvalue weighted by Crippen LogP contribution is 2.40. The Hall–Kier alpha value is -3.20. The van der Waals surface area contributed by atoms with Crippen LogP contribution in [0.2, 0.25) is 10.0 Å². The predicted molar refractivity (Wildman–Crippen MR) is 137 cm³/mol. The molecule has 0 aliphatic carbocycles. The molecule has 2 aromatic carbocycles. The minimum Gasteiger partial charge on any atom is -0.464 e. The standard InChI is InChI=1S/C25H20Cl2N2O5S/c1-3-34-25(32)22-19-17(12-13-4-8-15(26)9-5-13)18(28)20(24(31)33-2)29(19)23(30)21(35-22)14-6-10-16(27)11-7-14/h4-12,21H,3,28H2,1-2H3/b17-12+. The van der Waals surface area contributed by atoms with Crippen molar-refractivity contribution in [3.8, 4) is 0 Å². The molecule has 0 amide bonds. The van der Waals surface area contributed by atoms with Gasteiger partial charge in [-0.15, -0.1) is 0 Å². The Bertz CT molecular complexity index is 1450. The number of hydrogen-bond donors (Lipinski definition) is 1. The Balaban J connectivity index is 2.09. The van der Waals surface area contributed by atoms with Crippen molar-refractivity contribution in [3.63, 3.8) is 0 Å². The topological polar surface area (TPSA) is 101 Å². The Kier molecular flexibility index (Phi) is 7.25. The van der Waals surface area contributed by atoms with Gasteiger partial charge in [-0.2, -0.15) is 0 Å². The van der Waals surface area contributed by atoms with Crippen LogP contribution < -0.4 is 16.3 Å². The third-order valence-corrected chi connectivity index (χ3v) is 7.15. The molecule has 0 bridgehead atoms. The highest BCUT2D eigenvalue weighted by Gasteiger charge is 2.38. The van der Waals surface area contributed by atoms with E-state index in [2.05, 4.69) is 0 Å². The van der Waals surface area contributed by atoms with Gasteiger partial charge in [0.2, 0.25) is 5.91 Å². The molecule has 1 atom stereocenters. The lowest BCUT2D eigenvalue weighted by molar-refractivity contribution is -0.135. The second-order valence-electron chi connectivity index (χ2n) is 7.48. The molecule has 35 heavy (non-hydrogen) atoms. The maximum absolute atomic E-state index is 13.8. The Morgan fingerprint density at radius 2 is 1.66 bits per heavy atom. The smallest absolute Gasteiger partial charge is 0.357 e. The van der Waals surface area contributed by atoms with Crippen molar-refractivity contribution in [1.29, 1.82) is 0 Å². The van der Waals surface area contributed by atoms with Gasteiger partial charge < -0.3 is 15.2 Å². The lowest BCUT2D eigenvalue weighted by Crippen LogP contribution is -2.42. The van der Waals surface area contributed by atoms with Gasteiger partial charge in [0.25, 0.3) is 0 Å². The first-order chi connectivity index (χ1) is 16.8. The number of thioether (sulfide) groups is 1. The van der Waals surface area contributed by atoms with Gasteiger partial charge in [0.1, 0.15) is 10.2 Å². The quantitative estimate of drug-likeness (QED) is 0.500. The van der Waals surface area contributed by atoms with Crippen LogP contribution in [0.1, 0.15) is 38.6 Å². The van der Waals surface area contributed by atoms with E-state index in [1.54, 1.807) is 61.5 Å². The number of ether oxygens (including phenoxy) is 2. The summed E-state index contributed by atoms with van der Waals surface area (Å²) >= 11 is 13.1. The molecular formula is C25H20Cl2N2O5S. The first-order valence-corrected chi connectivity index (χ1v) is 12.1. The van der Waals surface area contributed by atoms with Gasteiger partial charge in [0, 0.05) is 15.3 Å². The number of nitrogens with two attached hydrogens (primary N) is 1. The summed E-state index contributed by atoms with van der Waals surface area (Å²) in [7, 11) is 1.19. The Morgan fingerprint density at radius 1 is 1.06 bits per heavy atom. The number of halogens is 2. The Morgan fingerprint density at radius 3 is 2.23 bits per heavy atom. The first kappa shape index (κ1) is 24.9. The maximum Gasteiger partial charge on any atom is 0.357 e. The molecule has 2 heterocycles. The van der Waals surface area contributed by atoms with Crippen molar-refractivity contribution in [2.24, 2.45) is 0 Å². The number of esters is 2. The zero-order chi connectivity index (χ0) is 25.3. The van der Waals surface area contributed by atoms with E-state index in [-0.39, 0.29) is 28.2 Å². The summed E-state index contributed by atoms with van der Waals surface area (Å²) in [6.45, 7) is 1.81. The molecule has 0 saturated carbocycles. The Labute approximate surface area is 215 Å². The van der Waals surface area contributed by atoms with E-state index in [9.17, 15) is 14.4 Å². The van der Waals surface area contributed by atoms with E-state index in [0.717, 1.165) is 16.3 Å². The van der Waals surface area contributed by atoms with E-state index in [1.165, 1.54) is 7.11 Å². The van der Waals surface area contributed by atoms with E-state index in [0.29, 0.717) is 26.4 Å². The molecule has 2 N–H and O–H groups in total. The average Bonchev–Trinajstić information content (AvgIpc) is 3.13. The normalized spacial score (nSPS) is 15.7. The molecule has 0 radical (unpaired) electrons. The van der Waals surface area contributed by atoms with Gasteiger partial charge in [-0.1, -0.05) is 59.2 Å². The van der Waals surface area contributed by atoms with Gasteiger partial charge in [-0.25, -0.2) is 9.59 Å². The van der Waals surface area contributed by atoms with E-state index >= 15 is 0 Å². The lowest BCUT2D eigenvalue weighted by atomic mass is 10.1. The molecule has 1 aliphatic heterocycles.